The van der Waals surface area contributed by atoms with Crippen LogP contribution in [0.25, 0.3) is 10.9 Å². The van der Waals surface area contributed by atoms with Crippen LogP contribution in [0.5, 0.6) is 0 Å². The number of benzene rings is 1. The van der Waals surface area contributed by atoms with Crippen LogP contribution in [0.4, 0.5) is 4.39 Å². The van der Waals surface area contributed by atoms with E-state index in [0.29, 0.717) is 12.6 Å². The smallest absolute Gasteiger partial charge is 0.125 e. The van der Waals surface area contributed by atoms with E-state index >= 15 is 0 Å². The van der Waals surface area contributed by atoms with Crippen LogP contribution in [-0.4, -0.2) is 11.1 Å². The third kappa shape index (κ3) is 1.20. The topological polar surface area (TPSA) is 30.9 Å². The molecule has 0 aliphatic carbocycles. The van der Waals surface area contributed by atoms with E-state index in [2.05, 4.69) is 10.6 Å². The third-order valence-corrected chi connectivity index (χ3v) is 3.25. The minimum atomic E-state index is -0.175. The standard InChI is InChI=1S/C12H13FN2/c13-9-2-1-8-5-10-3-4-11(7-14)15(10)12(8)6-9/h1-2,5-6,11H,3-4,7,14H2. The molecule has 3 heteroatoms. The maximum Gasteiger partial charge on any atom is 0.125 e. The van der Waals surface area contributed by atoms with Crippen molar-refractivity contribution in [2.24, 2.45) is 5.73 Å². The molecule has 0 amide bonds. The lowest BCUT2D eigenvalue weighted by atomic mass is 10.1. The van der Waals surface area contributed by atoms with E-state index in [0.717, 1.165) is 23.7 Å². The zero-order valence-electron chi connectivity index (χ0n) is 8.41. The number of nitrogens with two attached hydrogens (primary N) is 1. The molecule has 15 heavy (non-hydrogen) atoms. The van der Waals surface area contributed by atoms with Gasteiger partial charge in [0.15, 0.2) is 0 Å². The molecule has 2 nitrogen and oxygen atoms in total. The first-order valence-electron chi connectivity index (χ1n) is 5.29. The molecule has 0 spiro atoms. The highest BCUT2D eigenvalue weighted by Crippen LogP contribution is 2.32. The Kier molecular flexibility index (Phi) is 1.83. The van der Waals surface area contributed by atoms with E-state index in [4.69, 9.17) is 5.73 Å². The van der Waals surface area contributed by atoms with Gasteiger partial charge in [-0.1, -0.05) is 0 Å². The Morgan fingerprint density at radius 2 is 2.27 bits per heavy atom. The van der Waals surface area contributed by atoms with Crippen molar-refractivity contribution in [2.45, 2.75) is 18.9 Å². The van der Waals surface area contributed by atoms with Crippen molar-refractivity contribution in [1.82, 2.24) is 4.57 Å². The highest BCUT2D eigenvalue weighted by Gasteiger charge is 2.22. The second-order valence-corrected chi connectivity index (χ2v) is 4.14. The van der Waals surface area contributed by atoms with Crippen LogP contribution in [0.15, 0.2) is 24.3 Å². The summed E-state index contributed by atoms with van der Waals surface area (Å²) < 4.78 is 15.4. The number of rotatable bonds is 1. The van der Waals surface area contributed by atoms with Crippen molar-refractivity contribution in [1.29, 1.82) is 0 Å². The predicted molar refractivity (Wildman–Crippen MR) is 58.3 cm³/mol. The molecule has 2 heterocycles. The molecule has 0 bridgehead atoms. The van der Waals surface area contributed by atoms with Crippen molar-refractivity contribution in [3.63, 3.8) is 0 Å². The van der Waals surface area contributed by atoms with Gasteiger partial charge < -0.3 is 10.3 Å². The minimum Gasteiger partial charge on any atom is -0.340 e. The first kappa shape index (κ1) is 8.92. The fourth-order valence-electron chi connectivity index (χ4n) is 2.54. The number of fused-ring (bicyclic) bond motifs is 3. The number of hydrogen-bond donors (Lipinski definition) is 1. The van der Waals surface area contributed by atoms with E-state index in [9.17, 15) is 4.39 Å². The van der Waals surface area contributed by atoms with Gasteiger partial charge in [0.1, 0.15) is 5.82 Å². The van der Waals surface area contributed by atoms with Crippen LogP contribution < -0.4 is 5.73 Å². The molecule has 2 N–H and O–H groups in total. The molecule has 78 valence electrons. The monoisotopic (exact) mass is 204 g/mol. The number of nitrogens with zero attached hydrogens (tertiary/aromatic N) is 1. The summed E-state index contributed by atoms with van der Waals surface area (Å²) in [5, 5.41) is 1.12. The number of halogens is 1. The maximum atomic E-state index is 13.2. The van der Waals surface area contributed by atoms with E-state index in [1.807, 2.05) is 6.07 Å². The minimum absolute atomic E-state index is 0.175. The molecule has 3 rings (SSSR count). The van der Waals surface area contributed by atoms with Gasteiger partial charge in [-0.3, -0.25) is 0 Å². The highest BCUT2D eigenvalue weighted by molar-refractivity contribution is 5.82. The molecular formula is C12H13FN2. The quantitative estimate of drug-likeness (QED) is 0.758. The molecule has 1 aliphatic heterocycles. The number of hydrogen-bond acceptors (Lipinski definition) is 1. The lowest BCUT2D eigenvalue weighted by Crippen LogP contribution is -2.15. The first-order valence-corrected chi connectivity index (χ1v) is 5.29. The zero-order valence-corrected chi connectivity index (χ0v) is 8.41. The predicted octanol–water partition coefficient (Wildman–Crippen LogP) is 2.23. The van der Waals surface area contributed by atoms with Gasteiger partial charge in [0.2, 0.25) is 0 Å². The largest absolute Gasteiger partial charge is 0.340 e. The normalized spacial score (nSPS) is 19.7. The Hall–Kier alpha value is -1.35. The van der Waals surface area contributed by atoms with Crippen LogP contribution in [0.1, 0.15) is 18.2 Å². The Morgan fingerprint density at radius 3 is 3.07 bits per heavy atom. The average Bonchev–Trinajstić information content (AvgIpc) is 2.76. The Balaban J connectivity index is 2.29. The fourth-order valence-corrected chi connectivity index (χ4v) is 2.54. The first-order chi connectivity index (χ1) is 7.29. The van der Waals surface area contributed by atoms with Gasteiger partial charge in [-0.25, -0.2) is 4.39 Å². The summed E-state index contributed by atoms with van der Waals surface area (Å²) in [5.41, 5.74) is 7.99. The Labute approximate surface area is 87.5 Å². The molecule has 1 aromatic heterocycles. The summed E-state index contributed by atoms with van der Waals surface area (Å²) in [7, 11) is 0. The van der Waals surface area contributed by atoms with Crippen molar-refractivity contribution in [2.75, 3.05) is 6.54 Å². The molecule has 1 aromatic carbocycles. The van der Waals surface area contributed by atoms with Gasteiger partial charge in [-0.05, 0) is 37.1 Å². The SMILES string of the molecule is NCC1CCc2cc3ccc(F)cc3n21. The summed E-state index contributed by atoms with van der Waals surface area (Å²) in [6, 6.07) is 7.44. The summed E-state index contributed by atoms with van der Waals surface area (Å²) >= 11 is 0. The van der Waals surface area contributed by atoms with Gasteiger partial charge in [0.25, 0.3) is 0 Å². The number of aromatic nitrogens is 1. The van der Waals surface area contributed by atoms with Crippen LogP contribution >= 0.6 is 0 Å². The average molecular weight is 204 g/mol. The molecule has 0 saturated heterocycles. The van der Waals surface area contributed by atoms with Crippen LogP contribution in [-0.2, 0) is 6.42 Å². The molecule has 1 atom stereocenters. The molecule has 0 saturated carbocycles. The van der Waals surface area contributed by atoms with Crippen LogP contribution in [0.2, 0.25) is 0 Å². The second kappa shape index (κ2) is 3.07. The van der Waals surface area contributed by atoms with E-state index < -0.39 is 0 Å². The van der Waals surface area contributed by atoms with Gasteiger partial charge in [0.05, 0.1) is 5.52 Å². The number of aryl methyl sites for hydroxylation is 1. The highest BCUT2D eigenvalue weighted by atomic mass is 19.1. The van der Waals surface area contributed by atoms with E-state index in [1.165, 1.54) is 11.8 Å². The van der Waals surface area contributed by atoms with Crippen molar-refractivity contribution < 1.29 is 4.39 Å². The molecule has 0 radical (unpaired) electrons. The van der Waals surface area contributed by atoms with Crippen LogP contribution in [0.3, 0.4) is 0 Å². The third-order valence-electron chi connectivity index (χ3n) is 3.25. The van der Waals surface area contributed by atoms with Crippen LogP contribution in [0, 0.1) is 5.82 Å². The summed E-state index contributed by atoms with van der Waals surface area (Å²) in [6.45, 7) is 0.632. The van der Waals surface area contributed by atoms with Crippen molar-refractivity contribution in [3.05, 3.63) is 35.8 Å². The lowest BCUT2D eigenvalue weighted by molar-refractivity contribution is 0.551. The lowest BCUT2D eigenvalue weighted by Gasteiger charge is -2.12. The van der Waals surface area contributed by atoms with E-state index in [1.54, 1.807) is 6.07 Å². The maximum absolute atomic E-state index is 13.2. The van der Waals surface area contributed by atoms with Crippen molar-refractivity contribution in [3.8, 4) is 0 Å². The summed E-state index contributed by atoms with van der Waals surface area (Å²) in [6.07, 6.45) is 2.14. The zero-order chi connectivity index (χ0) is 10.4. The molecule has 1 aliphatic rings. The molecule has 2 aromatic rings. The van der Waals surface area contributed by atoms with E-state index in [-0.39, 0.29) is 5.82 Å². The van der Waals surface area contributed by atoms with Gasteiger partial charge in [-0.2, -0.15) is 0 Å². The molecule has 1 unspecified atom stereocenters. The Bertz CT molecular complexity index is 516. The van der Waals surface area contributed by atoms with Crippen molar-refractivity contribution >= 4 is 10.9 Å². The Morgan fingerprint density at radius 1 is 1.40 bits per heavy atom. The second-order valence-electron chi connectivity index (χ2n) is 4.14. The molecular weight excluding hydrogens is 191 g/mol. The summed E-state index contributed by atoms with van der Waals surface area (Å²) in [4.78, 5) is 0. The van der Waals surface area contributed by atoms with Gasteiger partial charge in [0, 0.05) is 23.7 Å². The summed E-state index contributed by atoms with van der Waals surface area (Å²) in [5.74, 6) is -0.175. The fraction of sp³-hybridized carbons (Fsp3) is 0.333. The molecule has 0 fully saturated rings. The van der Waals surface area contributed by atoms with Gasteiger partial charge >= 0.3 is 0 Å². The van der Waals surface area contributed by atoms with Gasteiger partial charge in [-0.15, -0.1) is 0 Å².